The Morgan fingerprint density at radius 3 is 2.71 bits per heavy atom. The highest BCUT2D eigenvalue weighted by atomic mass is 16.5. The molecule has 2 aliphatic carbocycles. The van der Waals surface area contributed by atoms with Crippen molar-refractivity contribution in [1.82, 2.24) is 4.98 Å². The van der Waals surface area contributed by atoms with Gasteiger partial charge >= 0.3 is 0 Å². The van der Waals surface area contributed by atoms with Crippen LogP contribution >= 0.6 is 0 Å². The van der Waals surface area contributed by atoms with Crippen LogP contribution in [0.2, 0.25) is 0 Å². The van der Waals surface area contributed by atoms with Gasteiger partial charge in [-0.05, 0) is 91.8 Å². The Morgan fingerprint density at radius 2 is 1.97 bits per heavy atom. The number of nitrogens with zero attached hydrogens (tertiary/aromatic N) is 2. The summed E-state index contributed by atoms with van der Waals surface area (Å²) in [5.41, 5.74) is 5.10. The first-order valence-electron chi connectivity index (χ1n) is 12.9. The molecule has 1 fully saturated rings. The fourth-order valence-electron chi connectivity index (χ4n) is 6.54. The minimum atomic E-state index is -0.520. The molecule has 0 unspecified atom stereocenters. The number of benzene rings is 2. The number of hydrogen-bond donors (Lipinski definition) is 1. The highest BCUT2D eigenvalue weighted by molar-refractivity contribution is 5.45. The lowest BCUT2D eigenvalue weighted by Gasteiger charge is -2.53. The molecule has 5 rings (SSSR count). The fraction of sp³-hybridized carbons (Fsp3) is 0.419. The molecule has 1 heterocycles. The van der Waals surface area contributed by atoms with Crippen LogP contribution in [0.5, 0.6) is 5.75 Å². The van der Waals surface area contributed by atoms with Gasteiger partial charge in [0.2, 0.25) is 0 Å². The standard InChI is InChI=1S/C31H34N2O2/c1-2-14-30(34)15-16-31(18-23-6-4-3-5-7-23)26(19-30)10-9-25-17-28(12-13-29(25)31)35-22-27-11-8-24(20-32)21-33-27/h3-8,11-13,17,21,26,34H,2,9-10,14-16,18-19,22H2,1H3/t26-,30-,31+/m1/s1. The van der Waals surface area contributed by atoms with Crippen LogP contribution in [-0.2, 0) is 24.9 Å². The Labute approximate surface area is 208 Å². The van der Waals surface area contributed by atoms with Gasteiger partial charge < -0.3 is 9.84 Å². The SMILES string of the molecule is CCC[C@@]1(O)CC[C@@]2(Cc3ccccc3)c3ccc(OCc4ccc(C#N)cn4)cc3CC[C@@H]2C1. The lowest BCUT2D eigenvalue weighted by Crippen LogP contribution is -2.51. The number of hydrogen-bond acceptors (Lipinski definition) is 4. The van der Waals surface area contributed by atoms with Crippen molar-refractivity contribution >= 4 is 0 Å². The maximum Gasteiger partial charge on any atom is 0.130 e. The molecule has 4 nitrogen and oxygen atoms in total. The van der Waals surface area contributed by atoms with E-state index in [9.17, 15) is 5.11 Å². The maximum atomic E-state index is 11.4. The van der Waals surface area contributed by atoms with E-state index >= 15 is 0 Å². The summed E-state index contributed by atoms with van der Waals surface area (Å²) in [7, 11) is 0. The molecule has 1 N–H and O–H groups in total. The lowest BCUT2D eigenvalue weighted by molar-refractivity contribution is -0.0565. The smallest absolute Gasteiger partial charge is 0.130 e. The Hall–Kier alpha value is -3.16. The molecule has 0 radical (unpaired) electrons. The molecule has 35 heavy (non-hydrogen) atoms. The zero-order valence-electron chi connectivity index (χ0n) is 20.5. The Bertz CT molecular complexity index is 1200. The predicted octanol–water partition coefficient (Wildman–Crippen LogP) is 6.29. The Morgan fingerprint density at radius 1 is 1.11 bits per heavy atom. The number of aryl methyl sites for hydroxylation is 1. The largest absolute Gasteiger partial charge is 0.487 e. The van der Waals surface area contributed by atoms with Crippen molar-refractivity contribution in [2.24, 2.45) is 5.92 Å². The highest BCUT2D eigenvalue weighted by Crippen LogP contribution is 2.55. The molecule has 3 aromatic rings. The van der Waals surface area contributed by atoms with Gasteiger partial charge in [-0.2, -0.15) is 5.26 Å². The number of nitriles is 1. The van der Waals surface area contributed by atoms with Crippen LogP contribution in [0.15, 0.2) is 66.9 Å². The second-order valence-electron chi connectivity index (χ2n) is 10.5. The summed E-state index contributed by atoms with van der Waals surface area (Å²) in [6.45, 7) is 2.56. The molecule has 0 spiro atoms. The van der Waals surface area contributed by atoms with Crippen LogP contribution < -0.4 is 4.74 Å². The van der Waals surface area contributed by atoms with E-state index in [1.807, 2.05) is 6.07 Å². The molecule has 0 bridgehead atoms. The first-order valence-corrected chi connectivity index (χ1v) is 12.9. The van der Waals surface area contributed by atoms with Gasteiger partial charge in [0, 0.05) is 11.6 Å². The molecule has 0 aliphatic heterocycles. The van der Waals surface area contributed by atoms with Gasteiger partial charge in [0.25, 0.3) is 0 Å². The van der Waals surface area contributed by atoms with Crippen LogP contribution in [0.25, 0.3) is 0 Å². The first kappa shape index (κ1) is 23.6. The zero-order chi connectivity index (χ0) is 24.3. The minimum absolute atomic E-state index is 0.0577. The average molecular weight is 467 g/mol. The fourth-order valence-corrected chi connectivity index (χ4v) is 6.54. The van der Waals surface area contributed by atoms with E-state index in [1.54, 1.807) is 12.3 Å². The summed E-state index contributed by atoms with van der Waals surface area (Å²) >= 11 is 0. The van der Waals surface area contributed by atoms with Gasteiger partial charge in [0.15, 0.2) is 0 Å². The number of ether oxygens (including phenoxy) is 1. The van der Waals surface area contributed by atoms with E-state index in [2.05, 4.69) is 66.5 Å². The zero-order valence-corrected chi connectivity index (χ0v) is 20.5. The van der Waals surface area contributed by atoms with Crippen LogP contribution in [0.1, 0.15) is 73.4 Å². The quantitative estimate of drug-likeness (QED) is 0.444. The molecule has 1 aromatic heterocycles. The predicted molar refractivity (Wildman–Crippen MR) is 137 cm³/mol. The molecule has 2 aromatic carbocycles. The van der Waals surface area contributed by atoms with Crippen molar-refractivity contribution in [3.05, 3.63) is 94.8 Å². The lowest BCUT2D eigenvalue weighted by atomic mass is 9.52. The second-order valence-corrected chi connectivity index (χ2v) is 10.5. The summed E-state index contributed by atoms with van der Waals surface area (Å²) in [4.78, 5) is 4.32. The van der Waals surface area contributed by atoms with Gasteiger partial charge in [-0.1, -0.05) is 49.7 Å². The van der Waals surface area contributed by atoms with Crippen LogP contribution in [-0.4, -0.2) is 15.7 Å². The molecule has 4 heteroatoms. The van der Waals surface area contributed by atoms with E-state index in [0.29, 0.717) is 18.1 Å². The summed E-state index contributed by atoms with van der Waals surface area (Å²) in [5, 5.41) is 20.3. The van der Waals surface area contributed by atoms with Crippen LogP contribution in [0, 0.1) is 17.2 Å². The molecule has 1 saturated carbocycles. The summed E-state index contributed by atoms with van der Waals surface area (Å²) in [6, 6.07) is 23.2. The highest BCUT2D eigenvalue weighted by Gasteiger charge is 2.51. The number of aliphatic hydroxyl groups is 1. The van der Waals surface area contributed by atoms with Crippen molar-refractivity contribution in [2.45, 2.75) is 75.9 Å². The van der Waals surface area contributed by atoms with E-state index < -0.39 is 5.60 Å². The van der Waals surface area contributed by atoms with Gasteiger partial charge in [0.1, 0.15) is 18.4 Å². The van der Waals surface area contributed by atoms with Crippen molar-refractivity contribution < 1.29 is 9.84 Å². The van der Waals surface area contributed by atoms with E-state index in [1.165, 1.54) is 16.7 Å². The molecule has 0 amide bonds. The summed E-state index contributed by atoms with van der Waals surface area (Å²) < 4.78 is 6.10. The number of pyridine rings is 1. The van der Waals surface area contributed by atoms with Crippen LogP contribution in [0.3, 0.4) is 0 Å². The van der Waals surface area contributed by atoms with Gasteiger partial charge in [-0.15, -0.1) is 0 Å². The number of rotatable bonds is 7. The van der Waals surface area contributed by atoms with Gasteiger partial charge in [0.05, 0.1) is 16.9 Å². The molecule has 180 valence electrons. The Kier molecular flexibility index (Phi) is 6.62. The number of aromatic nitrogens is 1. The summed E-state index contributed by atoms with van der Waals surface area (Å²) in [6.07, 6.45) is 9.43. The van der Waals surface area contributed by atoms with Crippen molar-refractivity contribution in [3.63, 3.8) is 0 Å². The molecular weight excluding hydrogens is 432 g/mol. The number of fused-ring (bicyclic) bond motifs is 3. The molecule has 2 aliphatic rings. The maximum absolute atomic E-state index is 11.4. The Balaban J connectivity index is 1.42. The third-order valence-corrected chi connectivity index (χ3v) is 8.24. The summed E-state index contributed by atoms with van der Waals surface area (Å²) in [5.74, 6) is 1.34. The second kappa shape index (κ2) is 9.84. The van der Waals surface area contributed by atoms with Crippen molar-refractivity contribution in [1.29, 1.82) is 5.26 Å². The third-order valence-electron chi connectivity index (χ3n) is 8.24. The van der Waals surface area contributed by atoms with Crippen molar-refractivity contribution in [2.75, 3.05) is 0 Å². The average Bonchev–Trinajstić information content (AvgIpc) is 2.89. The molecular formula is C31H34N2O2. The first-order chi connectivity index (χ1) is 17.0. The monoisotopic (exact) mass is 466 g/mol. The minimum Gasteiger partial charge on any atom is -0.487 e. The van der Waals surface area contributed by atoms with Gasteiger partial charge in [-0.25, -0.2) is 0 Å². The van der Waals surface area contributed by atoms with Gasteiger partial charge in [-0.3, -0.25) is 4.98 Å². The van der Waals surface area contributed by atoms with E-state index in [-0.39, 0.29) is 5.41 Å². The van der Waals surface area contributed by atoms with Crippen molar-refractivity contribution in [3.8, 4) is 11.8 Å². The topological polar surface area (TPSA) is 66.1 Å². The normalized spacial score (nSPS) is 25.2. The third kappa shape index (κ3) is 4.83. The van der Waals surface area contributed by atoms with E-state index in [4.69, 9.17) is 10.00 Å². The van der Waals surface area contributed by atoms with Crippen LogP contribution in [0.4, 0.5) is 0 Å². The molecule has 3 atom stereocenters. The molecule has 0 saturated heterocycles. The van der Waals surface area contributed by atoms with E-state index in [0.717, 1.165) is 62.8 Å².